The van der Waals surface area contributed by atoms with Gasteiger partial charge in [-0.25, -0.2) is 4.68 Å². The van der Waals surface area contributed by atoms with E-state index in [0.29, 0.717) is 28.3 Å². The van der Waals surface area contributed by atoms with Crippen LogP contribution in [0.3, 0.4) is 0 Å². The smallest absolute Gasteiger partial charge is 0.275 e. The molecule has 1 aliphatic rings. The fourth-order valence-electron chi connectivity index (χ4n) is 3.99. The van der Waals surface area contributed by atoms with E-state index in [2.05, 4.69) is 11.4 Å². The van der Waals surface area contributed by atoms with E-state index in [4.69, 9.17) is 14.6 Å². The summed E-state index contributed by atoms with van der Waals surface area (Å²) >= 11 is 0. The fourth-order valence-corrected chi connectivity index (χ4v) is 3.99. The lowest BCUT2D eigenvalue weighted by Crippen LogP contribution is -2.34. The van der Waals surface area contributed by atoms with Gasteiger partial charge in [0.15, 0.2) is 11.5 Å². The van der Waals surface area contributed by atoms with Gasteiger partial charge in [-0.05, 0) is 50.6 Å². The van der Waals surface area contributed by atoms with Crippen LogP contribution in [0.5, 0.6) is 11.5 Å². The van der Waals surface area contributed by atoms with Crippen LogP contribution in [-0.2, 0) is 4.79 Å². The number of anilines is 1. The van der Waals surface area contributed by atoms with E-state index >= 15 is 0 Å². The third-order valence-corrected chi connectivity index (χ3v) is 5.86. The molecule has 1 aromatic heterocycles. The van der Waals surface area contributed by atoms with Gasteiger partial charge in [0.2, 0.25) is 12.7 Å². The van der Waals surface area contributed by atoms with E-state index in [1.807, 2.05) is 44.2 Å². The van der Waals surface area contributed by atoms with Crippen molar-refractivity contribution in [3.8, 4) is 22.8 Å². The number of carbonyl (C=O) groups is 1. The molecule has 7 nitrogen and oxygen atoms in total. The second kappa shape index (κ2) is 8.09. The molecule has 1 unspecified atom stereocenters. The molecular weight excluding hydrogens is 418 g/mol. The van der Waals surface area contributed by atoms with Gasteiger partial charge in [0.1, 0.15) is 6.04 Å². The van der Waals surface area contributed by atoms with Crippen molar-refractivity contribution in [1.82, 2.24) is 9.78 Å². The van der Waals surface area contributed by atoms with E-state index in [9.17, 15) is 9.59 Å². The molecule has 0 saturated heterocycles. The van der Waals surface area contributed by atoms with Gasteiger partial charge >= 0.3 is 0 Å². The first-order valence-electron chi connectivity index (χ1n) is 10.7. The molecular formula is C26H23N3O4. The summed E-state index contributed by atoms with van der Waals surface area (Å²) in [6, 6.07) is 17.8. The molecule has 4 aromatic rings. The molecule has 3 aromatic carbocycles. The largest absolute Gasteiger partial charge is 0.454 e. The van der Waals surface area contributed by atoms with E-state index in [1.54, 1.807) is 31.2 Å². The van der Waals surface area contributed by atoms with Crippen LogP contribution >= 0.6 is 0 Å². The van der Waals surface area contributed by atoms with Gasteiger partial charge in [-0.2, -0.15) is 5.10 Å². The van der Waals surface area contributed by atoms with Crippen LogP contribution in [-0.4, -0.2) is 22.5 Å². The standard InChI is InChI=1S/C26H23N3O4/c1-15-8-9-16(2)21(12-15)24-19-6-4-5-7-20(19)26(31)29(28-24)17(3)25(30)27-18-10-11-22-23(13-18)33-14-32-22/h4-13,17H,14H2,1-3H3,(H,27,30). The number of hydrogen-bond acceptors (Lipinski definition) is 5. The molecule has 0 spiro atoms. The zero-order valence-electron chi connectivity index (χ0n) is 18.6. The number of carbonyl (C=O) groups excluding carboxylic acids is 1. The highest BCUT2D eigenvalue weighted by Crippen LogP contribution is 2.34. The van der Waals surface area contributed by atoms with Crippen LogP contribution in [0.4, 0.5) is 5.69 Å². The molecule has 0 fully saturated rings. The van der Waals surface area contributed by atoms with Crippen molar-refractivity contribution >= 4 is 22.4 Å². The van der Waals surface area contributed by atoms with E-state index in [-0.39, 0.29) is 18.3 Å². The summed E-state index contributed by atoms with van der Waals surface area (Å²) < 4.78 is 12.0. The van der Waals surface area contributed by atoms with Gasteiger partial charge in [-0.15, -0.1) is 0 Å². The van der Waals surface area contributed by atoms with Gasteiger partial charge < -0.3 is 14.8 Å². The summed E-state index contributed by atoms with van der Waals surface area (Å²) in [7, 11) is 0. The number of nitrogens with zero attached hydrogens (tertiary/aromatic N) is 2. The van der Waals surface area contributed by atoms with Gasteiger partial charge in [0.05, 0.1) is 11.1 Å². The summed E-state index contributed by atoms with van der Waals surface area (Å²) in [5.74, 6) is 0.843. The molecule has 0 saturated carbocycles. The molecule has 33 heavy (non-hydrogen) atoms. The maximum atomic E-state index is 13.3. The van der Waals surface area contributed by atoms with Crippen molar-refractivity contribution < 1.29 is 14.3 Å². The van der Waals surface area contributed by atoms with Crippen LogP contribution in [0.1, 0.15) is 24.1 Å². The highest BCUT2D eigenvalue weighted by Gasteiger charge is 2.22. The number of fused-ring (bicyclic) bond motifs is 2. The third-order valence-electron chi connectivity index (χ3n) is 5.86. The lowest BCUT2D eigenvalue weighted by atomic mass is 9.99. The number of ether oxygens (including phenoxy) is 2. The summed E-state index contributed by atoms with van der Waals surface area (Å²) in [4.78, 5) is 26.4. The average Bonchev–Trinajstić information content (AvgIpc) is 3.29. The van der Waals surface area contributed by atoms with Gasteiger partial charge in [0, 0.05) is 22.7 Å². The first-order valence-corrected chi connectivity index (χ1v) is 10.7. The zero-order chi connectivity index (χ0) is 23.1. The van der Waals surface area contributed by atoms with E-state index in [0.717, 1.165) is 22.1 Å². The molecule has 5 rings (SSSR count). The summed E-state index contributed by atoms with van der Waals surface area (Å²) in [5.41, 5.74) is 3.99. The Kier molecular flexibility index (Phi) is 5.09. The summed E-state index contributed by atoms with van der Waals surface area (Å²) in [6.45, 7) is 5.85. The Labute approximate surface area is 190 Å². The third kappa shape index (κ3) is 3.71. The van der Waals surface area contributed by atoms with Crippen molar-refractivity contribution in [2.75, 3.05) is 12.1 Å². The van der Waals surface area contributed by atoms with Crippen molar-refractivity contribution in [3.63, 3.8) is 0 Å². The van der Waals surface area contributed by atoms with Crippen LogP contribution in [0.15, 0.2) is 65.5 Å². The van der Waals surface area contributed by atoms with Crippen molar-refractivity contribution in [2.24, 2.45) is 0 Å². The van der Waals surface area contributed by atoms with Crippen LogP contribution in [0.25, 0.3) is 22.0 Å². The molecule has 0 bridgehead atoms. The van der Waals surface area contributed by atoms with Crippen molar-refractivity contribution in [2.45, 2.75) is 26.8 Å². The van der Waals surface area contributed by atoms with E-state index < -0.39 is 6.04 Å². The highest BCUT2D eigenvalue weighted by molar-refractivity contribution is 5.96. The number of hydrogen-bond donors (Lipinski definition) is 1. The molecule has 166 valence electrons. The summed E-state index contributed by atoms with van der Waals surface area (Å²) in [5, 5.41) is 8.82. The predicted octanol–water partition coefficient (Wildman–Crippen LogP) is 4.61. The molecule has 1 atom stereocenters. The molecule has 0 radical (unpaired) electrons. The topological polar surface area (TPSA) is 82.5 Å². The number of aromatic nitrogens is 2. The first kappa shape index (κ1) is 20.8. The number of nitrogens with one attached hydrogen (secondary N) is 1. The quantitative estimate of drug-likeness (QED) is 0.500. The monoisotopic (exact) mass is 441 g/mol. The Bertz CT molecular complexity index is 1460. The van der Waals surface area contributed by atoms with Gasteiger partial charge in [-0.1, -0.05) is 35.9 Å². The van der Waals surface area contributed by atoms with E-state index in [1.165, 1.54) is 4.68 Å². The first-order chi connectivity index (χ1) is 15.9. The number of aryl methyl sites for hydroxylation is 2. The summed E-state index contributed by atoms with van der Waals surface area (Å²) in [6.07, 6.45) is 0. The SMILES string of the molecule is Cc1ccc(C)c(-c2nn(C(C)C(=O)Nc3ccc4c(c3)OCO4)c(=O)c3ccccc23)c1. The molecule has 7 heteroatoms. The average molecular weight is 441 g/mol. The second-order valence-corrected chi connectivity index (χ2v) is 8.20. The predicted molar refractivity (Wildman–Crippen MR) is 127 cm³/mol. The minimum absolute atomic E-state index is 0.153. The lowest BCUT2D eigenvalue weighted by molar-refractivity contribution is -0.119. The fraction of sp³-hybridized carbons (Fsp3) is 0.192. The molecule has 2 heterocycles. The van der Waals surface area contributed by atoms with Crippen molar-refractivity contribution in [1.29, 1.82) is 0 Å². The molecule has 0 aliphatic carbocycles. The maximum Gasteiger partial charge on any atom is 0.275 e. The number of amides is 1. The van der Waals surface area contributed by atoms with Gasteiger partial charge in [0.25, 0.3) is 5.56 Å². The molecule has 1 amide bonds. The minimum atomic E-state index is -0.837. The van der Waals surface area contributed by atoms with Crippen LogP contribution < -0.4 is 20.3 Å². The molecule has 1 N–H and O–H groups in total. The zero-order valence-corrected chi connectivity index (χ0v) is 18.6. The number of benzene rings is 3. The maximum absolute atomic E-state index is 13.3. The minimum Gasteiger partial charge on any atom is -0.454 e. The lowest BCUT2D eigenvalue weighted by Gasteiger charge is -2.18. The Morgan fingerprint density at radius 2 is 1.76 bits per heavy atom. The number of rotatable bonds is 4. The van der Waals surface area contributed by atoms with Crippen LogP contribution in [0, 0.1) is 13.8 Å². The highest BCUT2D eigenvalue weighted by atomic mass is 16.7. The Morgan fingerprint density at radius 1 is 1.00 bits per heavy atom. The Balaban J connectivity index is 1.57. The van der Waals surface area contributed by atoms with Crippen LogP contribution in [0.2, 0.25) is 0 Å². The normalized spacial score (nSPS) is 13.2. The Hall–Kier alpha value is -4.13. The van der Waals surface area contributed by atoms with Gasteiger partial charge in [-0.3, -0.25) is 9.59 Å². The Morgan fingerprint density at radius 3 is 2.58 bits per heavy atom. The molecule has 1 aliphatic heterocycles. The van der Waals surface area contributed by atoms with Crippen molar-refractivity contribution in [3.05, 3.63) is 82.1 Å². The second-order valence-electron chi connectivity index (χ2n) is 8.20.